The van der Waals surface area contributed by atoms with Crippen LogP contribution in [0.15, 0.2) is 23.1 Å². The van der Waals surface area contributed by atoms with Gasteiger partial charge in [0.2, 0.25) is 0 Å². The van der Waals surface area contributed by atoms with Gasteiger partial charge in [0.25, 0.3) is 0 Å². The van der Waals surface area contributed by atoms with Crippen molar-refractivity contribution in [2.45, 2.75) is 29.7 Å². The van der Waals surface area contributed by atoms with Crippen molar-refractivity contribution >= 4 is 11.8 Å². The van der Waals surface area contributed by atoms with Crippen molar-refractivity contribution in [3.05, 3.63) is 35.7 Å². The Bertz CT molecular complexity index is 357. The molecule has 4 heteroatoms. The number of thioether (sulfide) groups is 1. The summed E-state index contributed by atoms with van der Waals surface area (Å²) in [6.07, 6.45) is 4.52. The minimum Gasteiger partial charge on any atom is -0.160 e. The first-order valence-corrected chi connectivity index (χ1v) is 5.56. The molecule has 0 spiro atoms. The molecule has 0 atom stereocenters. The Kier molecular flexibility index (Phi) is 2.96. The fraction of sp³-hybridized carbons (Fsp3) is 0.364. The van der Waals surface area contributed by atoms with Crippen LogP contribution >= 0.6 is 11.8 Å². The predicted octanol–water partition coefficient (Wildman–Crippen LogP) is 3.99. The second-order valence-corrected chi connectivity index (χ2v) is 4.58. The first-order chi connectivity index (χ1) is 7.06. The zero-order chi connectivity index (χ0) is 10.9. The van der Waals surface area contributed by atoms with Crippen molar-refractivity contribution in [3.8, 4) is 0 Å². The number of halogens is 3. The van der Waals surface area contributed by atoms with E-state index in [9.17, 15) is 13.2 Å². The summed E-state index contributed by atoms with van der Waals surface area (Å²) in [7, 11) is 0. The van der Waals surface area contributed by atoms with Gasteiger partial charge in [-0.05, 0) is 54.6 Å². The lowest BCUT2D eigenvalue weighted by Gasteiger charge is -2.19. The third-order valence-electron chi connectivity index (χ3n) is 2.42. The molecular formula is C11H10F3S. The molecule has 1 aromatic rings. The largest absolute Gasteiger partial charge is 0.446 e. The molecule has 1 aromatic carbocycles. The molecule has 0 aliphatic heterocycles. The SMILES string of the molecule is FC(F)(F)Sc1cccc2c1CC[CH]C2. The topological polar surface area (TPSA) is 0 Å². The summed E-state index contributed by atoms with van der Waals surface area (Å²) in [4.78, 5) is 0.369. The van der Waals surface area contributed by atoms with E-state index in [0.717, 1.165) is 30.4 Å². The van der Waals surface area contributed by atoms with E-state index in [1.54, 1.807) is 12.1 Å². The minimum absolute atomic E-state index is 0.00148. The molecule has 0 bridgehead atoms. The van der Waals surface area contributed by atoms with Crippen molar-refractivity contribution in [1.29, 1.82) is 0 Å². The van der Waals surface area contributed by atoms with E-state index >= 15 is 0 Å². The number of alkyl halides is 3. The molecule has 0 saturated carbocycles. The fourth-order valence-corrected chi connectivity index (χ4v) is 2.56. The van der Waals surface area contributed by atoms with Crippen LogP contribution in [-0.2, 0) is 12.8 Å². The van der Waals surface area contributed by atoms with Gasteiger partial charge in [0.05, 0.1) is 0 Å². The maximum Gasteiger partial charge on any atom is 0.446 e. The van der Waals surface area contributed by atoms with E-state index in [0.29, 0.717) is 4.90 Å². The second-order valence-electron chi connectivity index (χ2n) is 3.47. The third-order valence-corrected chi connectivity index (χ3v) is 3.25. The van der Waals surface area contributed by atoms with Gasteiger partial charge in [0, 0.05) is 4.90 Å². The third kappa shape index (κ3) is 2.68. The summed E-state index contributed by atoms with van der Waals surface area (Å²) in [6, 6.07) is 5.17. The molecule has 0 amide bonds. The average Bonchev–Trinajstić information content (AvgIpc) is 2.16. The van der Waals surface area contributed by atoms with Crippen molar-refractivity contribution in [2.24, 2.45) is 0 Å². The summed E-state index contributed by atoms with van der Waals surface area (Å²) in [5, 5.41) is 0. The summed E-state index contributed by atoms with van der Waals surface area (Å²) in [5.41, 5.74) is -2.27. The van der Waals surface area contributed by atoms with E-state index in [2.05, 4.69) is 6.42 Å². The van der Waals surface area contributed by atoms with Gasteiger partial charge in [-0.2, -0.15) is 13.2 Å². The van der Waals surface area contributed by atoms with Crippen LogP contribution in [0.1, 0.15) is 17.5 Å². The van der Waals surface area contributed by atoms with E-state index in [4.69, 9.17) is 0 Å². The second kappa shape index (κ2) is 4.08. The van der Waals surface area contributed by atoms with Crippen molar-refractivity contribution < 1.29 is 13.2 Å². The average molecular weight is 231 g/mol. The zero-order valence-corrected chi connectivity index (χ0v) is 8.79. The number of hydrogen-bond donors (Lipinski definition) is 0. The molecule has 2 rings (SSSR count). The molecule has 0 saturated heterocycles. The Morgan fingerprint density at radius 3 is 2.73 bits per heavy atom. The maximum absolute atomic E-state index is 12.3. The molecule has 0 fully saturated rings. The quantitative estimate of drug-likeness (QED) is 0.658. The van der Waals surface area contributed by atoms with Gasteiger partial charge in [-0.15, -0.1) is 0 Å². The van der Waals surface area contributed by atoms with Gasteiger partial charge in [0.15, 0.2) is 0 Å². The van der Waals surface area contributed by atoms with Crippen LogP contribution in [0.4, 0.5) is 13.2 Å². The molecule has 81 valence electrons. The van der Waals surface area contributed by atoms with Gasteiger partial charge >= 0.3 is 5.51 Å². The summed E-state index contributed by atoms with van der Waals surface area (Å²) in [5.74, 6) is 0. The molecule has 0 unspecified atom stereocenters. The highest BCUT2D eigenvalue weighted by Crippen LogP contribution is 2.40. The monoisotopic (exact) mass is 231 g/mol. The number of hydrogen-bond acceptors (Lipinski definition) is 1. The lowest BCUT2D eigenvalue weighted by atomic mass is 9.92. The Balaban J connectivity index is 2.31. The lowest BCUT2D eigenvalue weighted by molar-refractivity contribution is -0.0328. The van der Waals surface area contributed by atoms with Crippen LogP contribution in [0.2, 0.25) is 0 Å². The van der Waals surface area contributed by atoms with Crippen LogP contribution in [-0.4, -0.2) is 5.51 Å². The van der Waals surface area contributed by atoms with Crippen LogP contribution in [0.5, 0.6) is 0 Å². The van der Waals surface area contributed by atoms with Crippen molar-refractivity contribution in [3.63, 3.8) is 0 Å². The Labute approximate surface area is 90.9 Å². The maximum atomic E-state index is 12.3. The number of rotatable bonds is 1. The Hall–Kier alpha value is -0.640. The van der Waals surface area contributed by atoms with Gasteiger partial charge < -0.3 is 0 Å². The van der Waals surface area contributed by atoms with Gasteiger partial charge in [-0.1, -0.05) is 12.1 Å². The highest BCUT2D eigenvalue weighted by Gasteiger charge is 2.31. The Morgan fingerprint density at radius 2 is 2.00 bits per heavy atom. The van der Waals surface area contributed by atoms with Crippen LogP contribution in [0.25, 0.3) is 0 Å². The molecule has 15 heavy (non-hydrogen) atoms. The van der Waals surface area contributed by atoms with E-state index in [1.807, 2.05) is 6.07 Å². The first kappa shape index (κ1) is 10.9. The molecule has 0 nitrogen and oxygen atoms in total. The van der Waals surface area contributed by atoms with Crippen LogP contribution < -0.4 is 0 Å². The molecule has 0 heterocycles. The van der Waals surface area contributed by atoms with Gasteiger partial charge in [-0.25, -0.2) is 0 Å². The minimum atomic E-state index is -4.18. The Morgan fingerprint density at radius 1 is 1.20 bits per heavy atom. The lowest BCUT2D eigenvalue weighted by Crippen LogP contribution is -2.07. The molecule has 0 aromatic heterocycles. The van der Waals surface area contributed by atoms with Gasteiger partial charge in [0.1, 0.15) is 0 Å². The zero-order valence-electron chi connectivity index (χ0n) is 7.97. The van der Waals surface area contributed by atoms with Crippen LogP contribution in [0, 0.1) is 6.42 Å². The predicted molar refractivity (Wildman–Crippen MR) is 54.7 cm³/mol. The summed E-state index contributed by atoms with van der Waals surface area (Å²) >= 11 is 0.00148. The smallest absolute Gasteiger partial charge is 0.160 e. The molecule has 1 radical (unpaired) electrons. The van der Waals surface area contributed by atoms with Crippen LogP contribution in [0.3, 0.4) is 0 Å². The molecule has 0 N–H and O–H groups in total. The first-order valence-electron chi connectivity index (χ1n) is 4.74. The molecule has 1 aliphatic rings. The van der Waals surface area contributed by atoms with E-state index in [1.165, 1.54) is 0 Å². The highest BCUT2D eigenvalue weighted by atomic mass is 32.2. The van der Waals surface area contributed by atoms with E-state index in [-0.39, 0.29) is 11.8 Å². The normalized spacial score (nSPS) is 16.2. The molecular weight excluding hydrogens is 221 g/mol. The molecule has 1 aliphatic carbocycles. The highest BCUT2D eigenvalue weighted by molar-refractivity contribution is 8.00. The number of benzene rings is 1. The van der Waals surface area contributed by atoms with E-state index < -0.39 is 5.51 Å². The standard InChI is InChI=1S/C11H10F3S/c12-11(13,14)15-10-7-3-5-8-4-1-2-6-9(8)10/h1,3,5,7H,2,4,6H2. The summed E-state index contributed by atoms with van der Waals surface area (Å²) < 4.78 is 36.8. The van der Waals surface area contributed by atoms with Crippen molar-refractivity contribution in [1.82, 2.24) is 0 Å². The number of fused-ring (bicyclic) bond motifs is 1. The van der Waals surface area contributed by atoms with Crippen molar-refractivity contribution in [2.75, 3.05) is 0 Å². The van der Waals surface area contributed by atoms with Gasteiger partial charge in [-0.3, -0.25) is 0 Å². The summed E-state index contributed by atoms with van der Waals surface area (Å²) in [6.45, 7) is 0. The fourth-order valence-electron chi connectivity index (χ4n) is 1.81.